The zero-order valence-electron chi connectivity index (χ0n) is 13.0. The summed E-state index contributed by atoms with van der Waals surface area (Å²) >= 11 is 0. The molecule has 2 fully saturated rings. The molecule has 0 spiro atoms. The molecule has 128 valence electrons. The van der Waals surface area contributed by atoms with Crippen molar-refractivity contribution < 1.29 is 22.7 Å². The van der Waals surface area contributed by atoms with E-state index >= 15 is 0 Å². The Morgan fingerprint density at radius 3 is 2.39 bits per heavy atom. The van der Waals surface area contributed by atoms with Crippen LogP contribution in [0.4, 0.5) is 17.6 Å². The topological polar surface area (TPSA) is 23.5 Å². The van der Waals surface area contributed by atoms with Crippen LogP contribution in [0.25, 0.3) is 0 Å². The minimum Gasteiger partial charge on any atom is -0.389 e. The number of nitrogens with zero attached hydrogens (tertiary/aromatic N) is 1. The second kappa shape index (κ2) is 5.74. The standard InChI is InChI=1S/C17H21F4NO/c1-22-13-3-2-4-14(22)10-16(23,9-13)8-11-7-12(18)5-6-15(11)17(19,20)21/h5-7,13-14,23H,2-4,8-10H2,1H3. The molecule has 3 rings (SSSR count). The van der Waals surface area contributed by atoms with Crippen molar-refractivity contribution >= 4 is 0 Å². The van der Waals surface area contributed by atoms with Gasteiger partial charge in [0.2, 0.25) is 0 Å². The predicted octanol–water partition coefficient (Wildman–Crippen LogP) is 3.76. The zero-order chi connectivity index (χ0) is 16.8. The number of rotatable bonds is 2. The molecule has 0 amide bonds. The largest absolute Gasteiger partial charge is 0.416 e. The molecule has 1 N–H and O–H groups in total. The van der Waals surface area contributed by atoms with Gasteiger partial charge in [-0.2, -0.15) is 13.2 Å². The second-order valence-electron chi connectivity index (χ2n) is 7.01. The van der Waals surface area contributed by atoms with E-state index in [9.17, 15) is 22.7 Å². The van der Waals surface area contributed by atoms with E-state index in [2.05, 4.69) is 4.90 Å². The van der Waals surface area contributed by atoms with Gasteiger partial charge < -0.3 is 10.0 Å². The molecule has 1 aromatic rings. The van der Waals surface area contributed by atoms with E-state index in [1.165, 1.54) is 0 Å². The lowest BCUT2D eigenvalue weighted by Crippen LogP contribution is -2.57. The molecule has 1 aromatic carbocycles. The molecule has 0 aliphatic carbocycles. The lowest BCUT2D eigenvalue weighted by Gasteiger charge is -2.50. The molecule has 2 heterocycles. The molecule has 2 bridgehead atoms. The van der Waals surface area contributed by atoms with Gasteiger partial charge in [-0.15, -0.1) is 0 Å². The third-order valence-electron chi connectivity index (χ3n) is 5.35. The first kappa shape index (κ1) is 16.7. The Bertz CT molecular complexity index is 572. The van der Waals surface area contributed by atoms with E-state index in [1.807, 2.05) is 7.05 Å². The summed E-state index contributed by atoms with van der Waals surface area (Å²) in [6.07, 6.45) is -0.832. The highest BCUT2D eigenvalue weighted by Crippen LogP contribution is 2.41. The Kier molecular flexibility index (Phi) is 4.17. The fourth-order valence-corrected chi connectivity index (χ4v) is 4.23. The molecule has 2 saturated heterocycles. The van der Waals surface area contributed by atoms with Gasteiger partial charge in [0.25, 0.3) is 0 Å². The van der Waals surface area contributed by atoms with Gasteiger partial charge in [-0.1, -0.05) is 6.42 Å². The average molecular weight is 331 g/mol. The maximum Gasteiger partial charge on any atom is 0.416 e. The number of benzene rings is 1. The summed E-state index contributed by atoms with van der Waals surface area (Å²) in [4.78, 5) is 2.23. The van der Waals surface area contributed by atoms with Crippen molar-refractivity contribution in [3.8, 4) is 0 Å². The van der Waals surface area contributed by atoms with E-state index in [1.54, 1.807) is 0 Å². The number of alkyl halides is 3. The number of hydrogen-bond donors (Lipinski definition) is 1. The van der Waals surface area contributed by atoms with Crippen LogP contribution in [0.5, 0.6) is 0 Å². The molecule has 2 atom stereocenters. The highest BCUT2D eigenvalue weighted by Gasteiger charge is 2.45. The van der Waals surface area contributed by atoms with Gasteiger partial charge in [0.15, 0.2) is 0 Å². The normalized spacial score (nSPS) is 32.1. The highest BCUT2D eigenvalue weighted by molar-refractivity contribution is 5.32. The summed E-state index contributed by atoms with van der Waals surface area (Å²) in [6.45, 7) is 0. The summed E-state index contributed by atoms with van der Waals surface area (Å²) in [5, 5.41) is 10.9. The van der Waals surface area contributed by atoms with Crippen molar-refractivity contribution in [3.05, 3.63) is 35.1 Å². The smallest absolute Gasteiger partial charge is 0.389 e. The van der Waals surface area contributed by atoms with Crippen molar-refractivity contribution in [1.29, 1.82) is 0 Å². The molecule has 0 aromatic heterocycles. The van der Waals surface area contributed by atoms with Crippen molar-refractivity contribution in [1.82, 2.24) is 4.90 Å². The number of aliphatic hydroxyl groups is 1. The van der Waals surface area contributed by atoms with E-state index in [0.717, 1.165) is 37.5 Å². The van der Waals surface area contributed by atoms with E-state index in [-0.39, 0.29) is 24.1 Å². The first-order valence-electron chi connectivity index (χ1n) is 7.98. The molecule has 6 heteroatoms. The summed E-state index contributed by atoms with van der Waals surface area (Å²) < 4.78 is 52.9. The third-order valence-corrected chi connectivity index (χ3v) is 5.35. The Morgan fingerprint density at radius 1 is 1.22 bits per heavy atom. The highest BCUT2D eigenvalue weighted by atomic mass is 19.4. The molecule has 2 aliphatic heterocycles. The average Bonchev–Trinajstić information content (AvgIpc) is 2.39. The minimum atomic E-state index is -4.54. The first-order chi connectivity index (χ1) is 10.7. The van der Waals surface area contributed by atoms with Crippen LogP contribution in [0.1, 0.15) is 43.2 Å². The Balaban J connectivity index is 1.88. The maximum atomic E-state index is 13.4. The predicted molar refractivity (Wildman–Crippen MR) is 78.5 cm³/mol. The molecule has 23 heavy (non-hydrogen) atoms. The Hall–Kier alpha value is -1.14. The molecule has 0 radical (unpaired) electrons. The number of fused-ring (bicyclic) bond motifs is 2. The van der Waals surface area contributed by atoms with Crippen LogP contribution in [-0.4, -0.2) is 34.7 Å². The van der Waals surface area contributed by atoms with Gasteiger partial charge in [-0.25, -0.2) is 4.39 Å². The van der Waals surface area contributed by atoms with Crippen LogP contribution in [0.15, 0.2) is 18.2 Å². The Morgan fingerprint density at radius 2 is 1.83 bits per heavy atom. The van der Waals surface area contributed by atoms with Crippen LogP contribution in [0.2, 0.25) is 0 Å². The monoisotopic (exact) mass is 331 g/mol. The van der Waals surface area contributed by atoms with Crippen molar-refractivity contribution in [2.45, 2.75) is 62.4 Å². The fourth-order valence-electron chi connectivity index (χ4n) is 4.23. The minimum absolute atomic E-state index is 0.150. The van der Waals surface area contributed by atoms with E-state index in [4.69, 9.17) is 0 Å². The van der Waals surface area contributed by atoms with Gasteiger partial charge in [-0.05, 0) is 56.5 Å². The Labute approximate surface area is 133 Å². The van der Waals surface area contributed by atoms with Crippen LogP contribution in [0, 0.1) is 5.82 Å². The zero-order valence-corrected chi connectivity index (χ0v) is 13.0. The van der Waals surface area contributed by atoms with Gasteiger partial charge in [0, 0.05) is 18.5 Å². The van der Waals surface area contributed by atoms with Gasteiger partial charge in [0.05, 0.1) is 11.2 Å². The van der Waals surface area contributed by atoms with Crippen molar-refractivity contribution in [2.24, 2.45) is 0 Å². The number of halogens is 4. The van der Waals surface area contributed by atoms with E-state index < -0.39 is 23.2 Å². The molecule has 2 aliphatic rings. The van der Waals surface area contributed by atoms with Crippen molar-refractivity contribution in [2.75, 3.05) is 7.05 Å². The van der Waals surface area contributed by atoms with E-state index in [0.29, 0.717) is 12.8 Å². The summed E-state index contributed by atoms with van der Waals surface area (Å²) in [5.74, 6) is -0.704. The quantitative estimate of drug-likeness (QED) is 0.834. The van der Waals surface area contributed by atoms with Gasteiger partial charge in [-0.3, -0.25) is 0 Å². The van der Waals surface area contributed by atoms with Gasteiger partial charge >= 0.3 is 6.18 Å². The van der Waals surface area contributed by atoms with Crippen LogP contribution < -0.4 is 0 Å². The molecule has 2 unspecified atom stereocenters. The first-order valence-corrected chi connectivity index (χ1v) is 7.98. The summed E-state index contributed by atoms with van der Waals surface area (Å²) in [7, 11) is 2.01. The van der Waals surface area contributed by atoms with Crippen LogP contribution in [-0.2, 0) is 12.6 Å². The third kappa shape index (κ3) is 3.38. The fraction of sp³-hybridized carbons (Fsp3) is 0.647. The van der Waals surface area contributed by atoms with Crippen molar-refractivity contribution in [3.63, 3.8) is 0 Å². The van der Waals surface area contributed by atoms with Crippen LogP contribution >= 0.6 is 0 Å². The lowest BCUT2D eigenvalue weighted by molar-refractivity contribution is -0.139. The van der Waals surface area contributed by atoms with Crippen LogP contribution in [0.3, 0.4) is 0 Å². The maximum absolute atomic E-state index is 13.4. The van der Waals surface area contributed by atoms with Gasteiger partial charge in [0.1, 0.15) is 5.82 Å². The summed E-state index contributed by atoms with van der Waals surface area (Å²) in [6, 6.07) is 2.88. The molecular formula is C17H21F4NO. The summed E-state index contributed by atoms with van der Waals surface area (Å²) in [5.41, 5.74) is -2.20. The molecule has 2 nitrogen and oxygen atoms in total. The number of piperidine rings is 2. The molecule has 0 saturated carbocycles. The second-order valence-corrected chi connectivity index (χ2v) is 7.01. The number of hydrogen-bond acceptors (Lipinski definition) is 2. The molecular weight excluding hydrogens is 310 g/mol. The SMILES string of the molecule is CN1C2CCCC1CC(O)(Cc1cc(F)ccc1C(F)(F)F)C2. The lowest BCUT2D eigenvalue weighted by atomic mass is 9.73.